The third kappa shape index (κ3) is 5.26. The third-order valence-electron chi connectivity index (χ3n) is 0.303. The predicted molar refractivity (Wildman–Crippen MR) is 23.4 cm³/mol. The molecule has 0 bridgehead atoms. The van der Waals surface area contributed by atoms with Crippen LogP contribution in [0.3, 0.4) is 0 Å². The molecule has 0 heterocycles. The van der Waals surface area contributed by atoms with Gasteiger partial charge in [0.2, 0.25) is 0 Å². The maximum atomic E-state index is 11.0. The lowest BCUT2D eigenvalue weighted by atomic mass is 10.7. The summed E-state index contributed by atoms with van der Waals surface area (Å²) in [7, 11) is 0. The normalized spacial score (nSPS) is 14.2. The highest BCUT2D eigenvalue weighted by atomic mass is 19.4. The van der Waals surface area contributed by atoms with E-state index in [1.807, 2.05) is 0 Å². The molecule has 0 aromatic carbocycles. The van der Waals surface area contributed by atoms with Crippen molar-refractivity contribution < 1.29 is 13.2 Å². The summed E-state index contributed by atoms with van der Waals surface area (Å²) in [5.74, 6) is -0.475. The number of aliphatic imine (C=N–C) groups is 1. The lowest BCUT2D eigenvalue weighted by Gasteiger charge is -1.96. The van der Waals surface area contributed by atoms with Crippen LogP contribution in [-0.2, 0) is 0 Å². The molecule has 0 amide bonds. The Morgan fingerprint density at radius 2 is 1.88 bits per heavy atom. The second-order valence-electron chi connectivity index (χ2n) is 1.22. The maximum Gasteiger partial charge on any atom is 0.504 e. The van der Waals surface area contributed by atoms with Crippen molar-refractivity contribution in [3.05, 3.63) is 0 Å². The highest BCUT2D eigenvalue weighted by Crippen LogP contribution is 2.15. The smallest absolute Gasteiger partial charge is 0.387 e. The van der Waals surface area contributed by atoms with Crippen LogP contribution in [0.25, 0.3) is 0 Å². The van der Waals surface area contributed by atoms with E-state index in [0.29, 0.717) is 0 Å². The van der Waals surface area contributed by atoms with E-state index in [1.165, 1.54) is 0 Å². The Morgan fingerprint density at radius 1 is 1.50 bits per heavy atom. The first kappa shape index (κ1) is 7.26. The average molecular weight is 126 g/mol. The third-order valence-corrected chi connectivity index (χ3v) is 0.303. The minimum absolute atomic E-state index is 0.475. The molecule has 48 valence electrons. The van der Waals surface area contributed by atoms with Crippen LogP contribution in [0.15, 0.2) is 4.99 Å². The largest absolute Gasteiger partial charge is 0.504 e. The van der Waals surface area contributed by atoms with Crippen molar-refractivity contribution in [1.29, 1.82) is 0 Å². The van der Waals surface area contributed by atoms with E-state index in [1.54, 1.807) is 0 Å². The van der Waals surface area contributed by atoms with Gasteiger partial charge in [0, 0.05) is 0 Å². The van der Waals surface area contributed by atoms with Gasteiger partial charge in [-0.05, 0) is 6.92 Å². The standard InChI is InChI=1S/C3H5F3N2/c1-2(7)8-3(4,5)6/h1H3,(H2,7,8). The second-order valence-corrected chi connectivity index (χ2v) is 1.22. The Labute approximate surface area is 44.2 Å². The summed E-state index contributed by atoms with van der Waals surface area (Å²) >= 11 is 0. The molecule has 0 aromatic rings. The fraction of sp³-hybridized carbons (Fsp3) is 0.667. The van der Waals surface area contributed by atoms with Gasteiger partial charge in [0.1, 0.15) is 5.84 Å². The lowest BCUT2D eigenvalue weighted by molar-refractivity contribution is -0.119. The number of nitrogens with two attached hydrogens (primary N) is 1. The summed E-state index contributed by atoms with van der Waals surface area (Å²) < 4.78 is 33.1. The number of nitrogens with zero attached hydrogens (tertiary/aromatic N) is 1. The van der Waals surface area contributed by atoms with Gasteiger partial charge < -0.3 is 5.73 Å². The van der Waals surface area contributed by atoms with Gasteiger partial charge in [0.25, 0.3) is 0 Å². The van der Waals surface area contributed by atoms with Crippen LogP contribution in [0.5, 0.6) is 0 Å². The van der Waals surface area contributed by atoms with Crippen molar-refractivity contribution >= 4 is 5.84 Å². The molecule has 0 aliphatic rings. The van der Waals surface area contributed by atoms with Crippen molar-refractivity contribution in [1.82, 2.24) is 0 Å². The summed E-state index contributed by atoms with van der Waals surface area (Å²) in [4.78, 5) is 2.10. The molecule has 8 heavy (non-hydrogen) atoms. The molecule has 2 nitrogen and oxygen atoms in total. The number of hydrogen-bond acceptors (Lipinski definition) is 1. The highest BCUT2D eigenvalue weighted by Gasteiger charge is 2.25. The zero-order chi connectivity index (χ0) is 6.78. The molecule has 0 fully saturated rings. The Morgan fingerprint density at radius 3 is 1.88 bits per heavy atom. The second kappa shape index (κ2) is 2.02. The van der Waals surface area contributed by atoms with Crippen LogP contribution < -0.4 is 5.73 Å². The van der Waals surface area contributed by atoms with E-state index in [0.717, 1.165) is 6.92 Å². The van der Waals surface area contributed by atoms with E-state index >= 15 is 0 Å². The van der Waals surface area contributed by atoms with Crippen LogP contribution in [0.2, 0.25) is 0 Å². The van der Waals surface area contributed by atoms with Crippen LogP contribution in [0, 0.1) is 0 Å². The van der Waals surface area contributed by atoms with Gasteiger partial charge >= 0.3 is 6.30 Å². The Balaban J connectivity index is 3.89. The fourth-order valence-electron chi connectivity index (χ4n) is 0.200. The molecule has 0 aliphatic carbocycles. The van der Waals surface area contributed by atoms with Gasteiger partial charge in [-0.3, -0.25) is 0 Å². The summed E-state index contributed by atoms with van der Waals surface area (Å²) in [6.07, 6.45) is -4.52. The average Bonchev–Trinajstić information content (AvgIpc) is 1.21. The molecule has 0 radical (unpaired) electrons. The van der Waals surface area contributed by atoms with Gasteiger partial charge in [-0.25, -0.2) is 0 Å². The molecule has 2 N–H and O–H groups in total. The van der Waals surface area contributed by atoms with Crippen molar-refractivity contribution in [3.8, 4) is 0 Å². The number of rotatable bonds is 0. The SMILES string of the molecule is CC(N)=NC(F)(F)F. The van der Waals surface area contributed by atoms with Crippen molar-refractivity contribution in [2.45, 2.75) is 13.2 Å². The monoisotopic (exact) mass is 126 g/mol. The first-order valence-corrected chi connectivity index (χ1v) is 1.80. The Hall–Kier alpha value is -0.740. The molecule has 0 aromatic heterocycles. The van der Waals surface area contributed by atoms with Gasteiger partial charge in [-0.1, -0.05) is 0 Å². The number of amidine groups is 1. The summed E-state index contributed by atoms with van der Waals surface area (Å²) in [6, 6.07) is 0. The van der Waals surface area contributed by atoms with Gasteiger partial charge in [0.05, 0.1) is 0 Å². The van der Waals surface area contributed by atoms with E-state index in [9.17, 15) is 13.2 Å². The minimum atomic E-state index is -4.52. The molecule has 0 atom stereocenters. The minimum Gasteiger partial charge on any atom is -0.387 e. The molecular weight excluding hydrogens is 121 g/mol. The zero-order valence-electron chi connectivity index (χ0n) is 4.16. The molecule has 5 heteroatoms. The Kier molecular flexibility index (Phi) is 1.83. The van der Waals surface area contributed by atoms with Crippen molar-refractivity contribution in [3.63, 3.8) is 0 Å². The Bertz CT molecular complexity index is 99.6. The van der Waals surface area contributed by atoms with E-state index in [4.69, 9.17) is 0 Å². The summed E-state index contributed by atoms with van der Waals surface area (Å²) in [6.45, 7) is 1.08. The molecule has 0 saturated carbocycles. The van der Waals surface area contributed by atoms with E-state index in [-0.39, 0.29) is 0 Å². The van der Waals surface area contributed by atoms with Crippen molar-refractivity contribution in [2.75, 3.05) is 0 Å². The fourth-order valence-corrected chi connectivity index (χ4v) is 0.200. The molecule has 0 spiro atoms. The first-order chi connectivity index (χ1) is 3.42. The molecule has 0 rings (SSSR count). The quantitative estimate of drug-likeness (QED) is 0.292. The maximum absolute atomic E-state index is 11.0. The van der Waals surface area contributed by atoms with Crippen LogP contribution in [-0.4, -0.2) is 12.1 Å². The van der Waals surface area contributed by atoms with Gasteiger partial charge in [-0.15, -0.1) is 13.2 Å². The predicted octanol–water partition coefficient (Wildman–Crippen LogP) is 0.883. The lowest BCUT2D eigenvalue weighted by Crippen LogP contribution is -2.13. The molecular formula is C3H5F3N2. The van der Waals surface area contributed by atoms with Crippen molar-refractivity contribution in [2.24, 2.45) is 10.7 Å². The molecule has 0 unspecified atom stereocenters. The van der Waals surface area contributed by atoms with Crippen LogP contribution in [0.4, 0.5) is 13.2 Å². The van der Waals surface area contributed by atoms with E-state index < -0.39 is 12.1 Å². The van der Waals surface area contributed by atoms with Gasteiger partial charge in [0.15, 0.2) is 0 Å². The van der Waals surface area contributed by atoms with Crippen LogP contribution >= 0.6 is 0 Å². The highest BCUT2D eigenvalue weighted by molar-refractivity contribution is 5.77. The number of halogens is 3. The topological polar surface area (TPSA) is 38.4 Å². The number of hydrogen-bond donors (Lipinski definition) is 1. The first-order valence-electron chi connectivity index (χ1n) is 1.80. The van der Waals surface area contributed by atoms with E-state index in [2.05, 4.69) is 10.7 Å². The molecule has 0 saturated heterocycles. The molecule has 0 aliphatic heterocycles. The number of alkyl halides is 3. The van der Waals surface area contributed by atoms with Gasteiger partial charge in [-0.2, -0.15) is 4.99 Å². The van der Waals surface area contributed by atoms with Crippen LogP contribution in [0.1, 0.15) is 6.92 Å². The zero-order valence-corrected chi connectivity index (χ0v) is 4.16. The summed E-state index contributed by atoms with van der Waals surface area (Å²) in [5.41, 5.74) is 4.61. The summed E-state index contributed by atoms with van der Waals surface area (Å²) in [5, 5.41) is 0.